The van der Waals surface area contributed by atoms with E-state index < -0.39 is 16.7 Å². The van der Waals surface area contributed by atoms with E-state index >= 15 is 0 Å². The largest absolute Gasteiger partial charge is 0.319 e. The van der Waals surface area contributed by atoms with Crippen molar-refractivity contribution in [2.45, 2.75) is 0 Å². The summed E-state index contributed by atoms with van der Waals surface area (Å²) >= 11 is 6.10. The number of nitrogens with one attached hydrogen (secondary N) is 2. The number of anilines is 1. The third-order valence-electron chi connectivity index (χ3n) is 4.07. The van der Waals surface area contributed by atoms with Gasteiger partial charge in [0.25, 0.3) is 17.5 Å². The molecule has 3 rings (SSSR count). The first-order valence-electron chi connectivity index (χ1n) is 8.82. The van der Waals surface area contributed by atoms with Crippen LogP contribution >= 0.6 is 11.6 Å². The second kappa shape index (κ2) is 9.49. The van der Waals surface area contributed by atoms with Crippen LogP contribution in [0.1, 0.15) is 15.9 Å². The first-order valence-corrected chi connectivity index (χ1v) is 9.20. The molecular formula is C22H16ClN3O4. The average Bonchev–Trinajstić information content (AvgIpc) is 2.75. The SMILES string of the molecule is O=C(Nc1ccccc1Cl)C(=Cc1ccc([N+](=O)[O-])cc1)NC(=O)c1ccccc1. The van der Waals surface area contributed by atoms with Crippen LogP contribution in [0.2, 0.25) is 5.02 Å². The molecule has 0 unspecified atom stereocenters. The first-order chi connectivity index (χ1) is 14.4. The van der Waals surface area contributed by atoms with Crippen molar-refractivity contribution in [1.29, 1.82) is 0 Å². The molecule has 0 aromatic heterocycles. The Kier molecular flexibility index (Phi) is 6.56. The predicted octanol–water partition coefficient (Wildman–Crippen LogP) is 4.66. The number of hydrogen-bond donors (Lipinski definition) is 2. The summed E-state index contributed by atoms with van der Waals surface area (Å²) in [5.41, 5.74) is 1.13. The highest BCUT2D eigenvalue weighted by molar-refractivity contribution is 6.34. The molecule has 0 radical (unpaired) electrons. The van der Waals surface area contributed by atoms with Gasteiger partial charge in [0.05, 0.1) is 15.6 Å². The lowest BCUT2D eigenvalue weighted by Crippen LogP contribution is -2.30. The lowest BCUT2D eigenvalue weighted by molar-refractivity contribution is -0.384. The van der Waals surface area contributed by atoms with E-state index in [-0.39, 0.29) is 11.4 Å². The van der Waals surface area contributed by atoms with Gasteiger partial charge in [0.2, 0.25) is 0 Å². The van der Waals surface area contributed by atoms with E-state index in [1.54, 1.807) is 54.6 Å². The van der Waals surface area contributed by atoms with Crippen LogP contribution in [0.4, 0.5) is 11.4 Å². The number of non-ortho nitro benzene ring substituents is 1. The first kappa shape index (κ1) is 20.8. The molecule has 8 heteroatoms. The summed E-state index contributed by atoms with van der Waals surface area (Å²) < 4.78 is 0. The van der Waals surface area contributed by atoms with E-state index in [0.717, 1.165) is 0 Å². The molecule has 0 aliphatic heterocycles. The van der Waals surface area contributed by atoms with Crippen LogP contribution in [-0.2, 0) is 4.79 Å². The highest BCUT2D eigenvalue weighted by Crippen LogP contribution is 2.21. The summed E-state index contributed by atoms with van der Waals surface area (Å²) in [6.07, 6.45) is 1.43. The zero-order chi connectivity index (χ0) is 21.5. The van der Waals surface area contributed by atoms with Gasteiger partial charge in [-0.1, -0.05) is 41.9 Å². The molecule has 0 saturated heterocycles. The Hall–Kier alpha value is -3.97. The summed E-state index contributed by atoms with van der Waals surface area (Å²) in [6.45, 7) is 0. The van der Waals surface area contributed by atoms with Crippen molar-refractivity contribution < 1.29 is 14.5 Å². The molecule has 0 fully saturated rings. The maximum atomic E-state index is 12.9. The number of rotatable bonds is 6. The van der Waals surface area contributed by atoms with Crippen molar-refractivity contribution in [2.24, 2.45) is 0 Å². The number of amides is 2. The van der Waals surface area contributed by atoms with Crippen molar-refractivity contribution in [2.75, 3.05) is 5.32 Å². The number of hydrogen-bond acceptors (Lipinski definition) is 4. The molecule has 7 nitrogen and oxygen atoms in total. The number of nitro groups is 1. The smallest absolute Gasteiger partial charge is 0.272 e. The van der Waals surface area contributed by atoms with Gasteiger partial charge < -0.3 is 10.6 Å². The molecule has 0 saturated carbocycles. The molecule has 0 heterocycles. The molecule has 2 amide bonds. The highest BCUT2D eigenvalue weighted by atomic mass is 35.5. The summed E-state index contributed by atoms with van der Waals surface area (Å²) in [5.74, 6) is -1.07. The lowest BCUT2D eigenvalue weighted by Gasteiger charge is -2.12. The van der Waals surface area contributed by atoms with Gasteiger partial charge >= 0.3 is 0 Å². The van der Waals surface area contributed by atoms with Gasteiger partial charge in [-0.05, 0) is 48.0 Å². The fourth-order valence-electron chi connectivity index (χ4n) is 2.55. The molecule has 0 bridgehead atoms. The van der Waals surface area contributed by atoms with Gasteiger partial charge in [-0.25, -0.2) is 0 Å². The van der Waals surface area contributed by atoms with Crippen molar-refractivity contribution in [3.63, 3.8) is 0 Å². The van der Waals surface area contributed by atoms with Gasteiger partial charge in [0.1, 0.15) is 5.70 Å². The van der Waals surface area contributed by atoms with Gasteiger partial charge in [0.15, 0.2) is 0 Å². The number of benzene rings is 3. The molecular weight excluding hydrogens is 406 g/mol. The van der Waals surface area contributed by atoms with Crippen LogP contribution in [0.3, 0.4) is 0 Å². The number of carbonyl (C=O) groups excluding carboxylic acids is 2. The van der Waals surface area contributed by atoms with Crippen LogP contribution in [0.25, 0.3) is 6.08 Å². The molecule has 0 aliphatic carbocycles. The topological polar surface area (TPSA) is 101 Å². The van der Waals surface area contributed by atoms with E-state index in [1.165, 1.54) is 30.3 Å². The van der Waals surface area contributed by atoms with Crippen LogP contribution in [-0.4, -0.2) is 16.7 Å². The Morgan fingerprint density at radius 1 is 0.900 bits per heavy atom. The summed E-state index contributed by atoms with van der Waals surface area (Å²) in [4.78, 5) is 35.7. The number of nitro benzene ring substituents is 1. The Morgan fingerprint density at radius 2 is 1.53 bits per heavy atom. The molecule has 0 aliphatic rings. The highest BCUT2D eigenvalue weighted by Gasteiger charge is 2.16. The third kappa shape index (κ3) is 5.30. The van der Waals surface area contributed by atoms with Crippen molar-refractivity contribution in [3.05, 3.63) is 111 Å². The minimum Gasteiger partial charge on any atom is -0.319 e. The summed E-state index contributed by atoms with van der Waals surface area (Å²) in [5, 5.41) is 16.4. The third-order valence-corrected chi connectivity index (χ3v) is 4.40. The Balaban J connectivity index is 1.91. The van der Waals surface area contributed by atoms with Crippen LogP contribution in [0.15, 0.2) is 84.6 Å². The second-order valence-corrected chi connectivity index (χ2v) is 6.57. The monoisotopic (exact) mass is 421 g/mol. The van der Waals surface area contributed by atoms with Crippen LogP contribution in [0, 0.1) is 10.1 Å². The minimum absolute atomic E-state index is 0.0439. The van der Waals surface area contributed by atoms with E-state index in [9.17, 15) is 19.7 Å². The Bertz CT molecular complexity index is 1110. The molecule has 3 aromatic rings. The Labute approximate surface area is 177 Å². The van der Waals surface area contributed by atoms with Crippen molar-refractivity contribution >= 4 is 40.9 Å². The summed E-state index contributed by atoms with van der Waals surface area (Å²) in [7, 11) is 0. The Morgan fingerprint density at radius 3 is 2.17 bits per heavy atom. The van der Waals surface area contributed by atoms with Crippen molar-refractivity contribution in [3.8, 4) is 0 Å². The van der Waals surface area contributed by atoms with Crippen molar-refractivity contribution in [1.82, 2.24) is 5.32 Å². The van der Waals surface area contributed by atoms with E-state index in [2.05, 4.69) is 10.6 Å². The molecule has 0 spiro atoms. The number of nitrogens with zero attached hydrogens (tertiary/aromatic N) is 1. The van der Waals surface area contributed by atoms with Gasteiger partial charge in [-0.3, -0.25) is 19.7 Å². The number of para-hydroxylation sites is 1. The van der Waals surface area contributed by atoms with Gasteiger partial charge in [0, 0.05) is 17.7 Å². The minimum atomic E-state index is -0.592. The lowest BCUT2D eigenvalue weighted by atomic mass is 10.1. The molecule has 30 heavy (non-hydrogen) atoms. The fraction of sp³-hybridized carbons (Fsp3) is 0. The summed E-state index contributed by atoms with van der Waals surface area (Å²) in [6, 6.07) is 20.7. The number of carbonyl (C=O) groups is 2. The molecule has 0 atom stereocenters. The molecule has 2 N–H and O–H groups in total. The molecule has 150 valence electrons. The second-order valence-electron chi connectivity index (χ2n) is 6.16. The van der Waals surface area contributed by atoms with Crippen LogP contribution < -0.4 is 10.6 Å². The average molecular weight is 422 g/mol. The van der Waals surface area contributed by atoms with Crippen LogP contribution in [0.5, 0.6) is 0 Å². The maximum absolute atomic E-state index is 12.9. The zero-order valence-electron chi connectivity index (χ0n) is 15.5. The predicted molar refractivity (Wildman–Crippen MR) is 115 cm³/mol. The van der Waals surface area contributed by atoms with E-state index in [0.29, 0.717) is 21.8 Å². The maximum Gasteiger partial charge on any atom is 0.272 e. The van der Waals surface area contributed by atoms with E-state index in [4.69, 9.17) is 11.6 Å². The fourth-order valence-corrected chi connectivity index (χ4v) is 2.74. The zero-order valence-corrected chi connectivity index (χ0v) is 16.3. The molecule has 3 aromatic carbocycles. The van der Waals surface area contributed by atoms with Gasteiger partial charge in [-0.2, -0.15) is 0 Å². The van der Waals surface area contributed by atoms with Gasteiger partial charge in [-0.15, -0.1) is 0 Å². The standard InChI is InChI=1S/C22H16ClN3O4/c23-18-8-4-5-9-19(18)24-22(28)20(25-21(27)16-6-2-1-3-7-16)14-15-10-12-17(13-11-15)26(29)30/h1-14H,(H,24,28)(H,25,27). The quantitative estimate of drug-likeness (QED) is 0.343. The number of halogens is 1. The normalized spacial score (nSPS) is 10.9. The van der Waals surface area contributed by atoms with E-state index in [1.807, 2.05) is 0 Å².